The molecule has 1 heterocycles. The van der Waals surface area contributed by atoms with E-state index in [1.807, 2.05) is 12.1 Å². The summed E-state index contributed by atoms with van der Waals surface area (Å²) in [7, 11) is 0. The van der Waals surface area contributed by atoms with E-state index in [2.05, 4.69) is 23.7 Å². The van der Waals surface area contributed by atoms with E-state index in [0.717, 1.165) is 24.9 Å². The predicted octanol–water partition coefficient (Wildman–Crippen LogP) is 3.08. The average molecular weight is 275 g/mol. The number of nitrogen functional groups attached to an aromatic ring is 1. The number of nitrogens with zero attached hydrogens (tertiary/aromatic N) is 2. The normalized spacial score (nSPS) is 18.4. The van der Waals surface area contributed by atoms with Crippen LogP contribution in [0.4, 0.5) is 11.5 Å². The predicted molar refractivity (Wildman–Crippen MR) is 82.1 cm³/mol. The molecular formula is C16H25N3O. The Bertz CT molecular complexity index is 467. The summed E-state index contributed by atoms with van der Waals surface area (Å²) in [5.41, 5.74) is 6.62. The first-order valence-electron chi connectivity index (χ1n) is 7.79. The van der Waals surface area contributed by atoms with Gasteiger partial charge in [0.1, 0.15) is 5.82 Å². The SMILES string of the molecule is CC(C)N(CC1CC1)c1ccc(N)c(OCC2CC2)n1. The molecule has 0 bridgehead atoms. The average Bonchev–Trinajstić information content (AvgIpc) is 3.29. The van der Waals surface area contributed by atoms with Crippen molar-refractivity contribution in [2.75, 3.05) is 23.8 Å². The van der Waals surface area contributed by atoms with Gasteiger partial charge in [0.15, 0.2) is 0 Å². The lowest BCUT2D eigenvalue weighted by Gasteiger charge is -2.28. The molecule has 0 spiro atoms. The highest BCUT2D eigenvalue weighted by molar-refractivity contribution is 5.55. The van der Waals surface area contributed by atoms with Crippen molar-refractivity contribution in [1.82, 2.24) is 4.98 Å². The van der Waals surface area contributed by atoms with E-state index in [9.17, 15) is 0 Å². The number of pyridine rings is 1. The number of hydrogen-bond donors (Lipinski definition) is 1. The molecule has 2 saturated carbocycles. The molecule has 1 aromatic rings. The first kappa shape index (κ1) is 13.5. The topological polar surface area (TPSA) is 51.4 Å². The van der Waals surface area contributed by atoms with Crippen molar-refractivity contribution in [2.24, 2.45) is 11.8 Å². The zero-order chi connectivity index (χ0) is 14.1. The lowest BCUT2D eigenvalue weighted by Crippen LogP contribution is -2.33. The van der Waals surface area contributed by atoms with E-state index in [0.29, 0.717) is 23.5 Å². The molecule has 0 amide bonds. The van der Waals surface area contributed by atoms with E-state index >= 15 is 0 Å². The van der Waals surface area contributed by atoms with Crippen molar-refractivity contribution in [3.8, 4) is 5.88 Å². The van der Waals surface area contributed by atoms with Crippen molar-refractivity contribution in [2.45, 2.75) is 45.6 Å². The number of nitrogens with two attached hydrogens (primary N) is 1. The highest BCUT2D eigenvalue weighted by Crippen LogP contribution is 2.34. The van der Waals surface area contributed by atoms with Gasteiger partial charge in [-0.15, -0.1) is 0 Å². The summed E-state index contributed by atoms with van der Waals surface area (Å²) < 4.78 is 5.79. The zero-order valence-electron chi connectivity index (χ0n) is 12.5. The summed E-state index contributed by atoms with van der Waals surface area (Å²) in [6.07, 6.45) is 5.26. The molecule has 4 heteroatoms. The standard InChI is InChI=1S/C16H25N3O/c1-11(2)19(9-12-3-4-12)15-8-7-14(17)16(18-15)20-10-13-5-6-13/h7-8,11-13H,3-6,9-10,17H2,1-2H3. The molecule has 20 heavy (non-hydrogen) atoms. The third-order valence-electron chi connectivity index (χ3n) is 4.10. The summed E-state index contributed by atoms with van der Waals surface area (Å²) in [5.74, 6) is 3.16. The summed E-state index contributed by atoms with van der Waals surface area (Å²) in [5, 5.41) is 0. The van der Waals surface area contributed by atoms with Gasteiger partial charge >= 0.3 is 0 Å². The van der Waals surface area contributed by atoms with Crippen LogP contribution in [0.3, 0.4) is 0 Å². The minimum absolute atomic E-state index is 0.447. The Balaban J connectivity index is 1.73. The lowest BCUT2D eigenvalue weighted by atomic mass is 10.2. The minimum Gasteiger partial charge on any atom is -0.476 e. The second-order valence-electron chi connectivity index (χ2n) is 6.51. The van der Waals surface area contributed by atoms with Crippen molar-refractivity contribution in [3.05, 3.63) is 12.1 Å². The fourth-order valence-corrected chi connectivity index (χ4v) is 2.35. The number of rotatable bonds is 7. The first-order chi connectivity index (χ1) is 9.63. The molecule has 0 unspecified atom stereocenters. The van der Waals surface area contributed by atoms with E-state index in [-0.39, 0.29) is 0 Å². The molecule has 2 aliphatic carbocycles. The van der Waals surface area contributed by atoms with Crippen molar-refractivity contribution >= 4 is 11.5 Å². The van der Waals surface area contributed by atoms with Crippen LogP contribution in [0, 0.1) is 11.8 Å². The molecule has 2 aliphatic rings. The summed E-state index contributed by atoms with van der Waals surface area (Å²) in [6.45, 7) is 6.28. The molecule has 1 aromatic heterocycles. The number of anilines is 2. The molecule has 3 rings (SSSR count). The number of hydrogen-bond acceptors (Lipinski definition) is 4. The van der Waals surface area contributed by atoms with Gasteiger partial charge in [0.25, 0.3) is 0 Å². The van der Waals surface area contributed by atoms with Gasteiger partial charge in [-0.2, -0.15) is 4.98 Å². The summed E-state index contributed by atoms with van der Waals surface area (Å²) in [6, 6.07) is 4.39. The molecule has 110 valence electrons. The van der Waals surface area contributed by atoms with Crippen LogP contribution in [0.15, 0.2) is 12.1 Å². The molecule has 0 radical (unpaired) electrons. The monoisotopic (exact) mass is 275 g/mol. The Morgan fingerprint density at radius 2 is 1.95 bits per heavy atom. The Morgan fingerprint density at radius 3 is 2.55 bits per heavy atom. The molecule has 0 atom stereocenters. The quantitative estimate of drug-likeness (QED) is 0.831. The summed E-state index contributed by atoms with van der Waals surface area (Å²) >= 11 is 0. The van der Waals surface area contributed by atoms with Crippen LogP contribution in [-0.2, 0) is 0 Å². The van der Waals surface area contributed by atoms with Crippen molar-refractivity contribution in [1.29, 1.82) is 0 Å². The highest BCUT2D eigenvalue weighted by atomic mass is 16.5. The molecule has 2 N–H and O–H groups in total. The Hall–Kier alpha value is -1.45. The van der Waals surface area contributed by atoms with Crippen LogP contribution >= 0.6 is 0 Å². The van der Waals surface area contributed by atoms with Gasteiger partial charge in [-0.25, -0.2) is 0 Å². The van der Waals surface area contributed by atoms with Gasteiger partial charge in [0, 0.05) is 12.6 Å². The van der Waals surface area contributed by atoms with E-state index in [1.165, 1.54) is 25.7 Å². The maximum atomic E-state index is 5.98. The van der Waals surface area contributed by atoms with Crippen molar-refractivity contribution in [3.63, 3.8) is 0 Å². The maximum Gasteiger partial charge on any atom is 0.239 e. The highest BCUT2D eigenvalue weighted by Gasteiger charge is 2.27. The molecule has 2 fully saturated rings. The molecule has 0 aromatic carbocycles. The Labute approximate surface area is 121 Å². The van der Waals surface area contributed by atoms with Gasteiger partial charge in [-0.1, -0.05) is 0 Å². The van der Waals surface area contributed by atoms with E-state index < -0.39 is 0 Å². The second-order valence-corrected chi connectivity index (χ2v) is 6.51. The van der Waals surface area contributed by atoms with E-state index in [1.54, 1.807) is 0 Å². The second kappa shape index (κ2) is 5.51. The van der Waals surface area contributed by atoms with Crippen LogP contribution in [-0.4, -0.2) is 24.2 Å². The number of ether oxygens (including phenoxy) is 1. The fourth-order valence-electron chi connectivity index (χ4n) is 2.35. The zero-order valence-corrected chi connectivity index (χ0v) is 12.5. The molecule has 4 nitrogen and oxygen atoms in total. The van der Waals surface area contributed by atoms with Gasteiger partial charge < -0.3 is 15.4 Å². The molecule has 0 aliphatic heterocycles. The largest absolute Gasteiger partial charge is 0.476 e. The first-order valence-corrected chi connectivity index (χ1v) is 7.79. The lowest BCUT2D eigenvalue weighted by molar-refractivity contribution is 0.290. The van der Waals surface area contributed by atoms with Gasteiger partial charge in [0.05, 0.1) is 12.3 Å². The molecular weight excluding hydrogens is 250 g/mol. The Morgan fingerprint density at radius 1 is 1.25 bits per heavy atom. The maximum absolute atomic E-state index is 5.98. The van der Waals surface area contributed by atoms with Gasteiger partial charge in [0.2, 0.25) is 5.88 Å². The third-order valence-corrected chi connectivity index (χ3v) is 4.10. The van der Waals surface area contributed by atoms with Gasteiger partial charge in [-0.3, -0.25) is 0 Å². The van der Waals surface area contributed by atoms with Crippen LogP contribution < -0.4 is 15.4 Å². The van der Waals surface area contributed by atoms with Gasteiger partial charge in [-0.05, 0) is 63.5 Å². The van der Waals surface area contributed by atoms with E-state index in [4.69, 9.17) is 10.5 Å². The smallest absolute Gasteiger partial charge is 0.239 e. The number of aromatic nitrogens is 1. The Kier molecular flexibility index (Phi) is 3.72. The third kappa shape index (κ3) is 3.35. The van der Waals surface area contributed by atoms with Crippen LogP contribution in [0.25, 0.3) is 0 Å². The van der Waals surface area contributed by atoms with Crippen LogP contribution in [0.5, 0.6) is 5.88 Å². The van der Waals surface area contributed by atoms with Crippen LogP contribution in [0.2, 0.25) is 0 Å². The molecule has 0 saturated heterocycles. The minimum atomic E-state index is 0.447. The van der Waals surface area contributed by atoms with Crippen molar-refractivity contribution < 1.29 is 4.74 Å². The fraction of sp³-hybridized carbons (Fsp3) is 0.688. The van der Waals surface area contributed by atoms with Crippen LogP contribution in [0.1, 0.15) is 39.5 Å². The summed E-state index contributed by atoms with van der Waals surface area (Å²) in [4.78, 5) is 7.02.